The molecule has 0 aliphatic rings. The molecule has 0 aliphatic heterocycles. The Morgan fingerprint density at radius 1 is 1.12 bits per heavy atom. The highest BCUT2D eigenvalue weighted by Gasteiger charge is 1.96. The summed E-state index contributed by atoms with van der Waals surface area (Å²) in [5.41, 5.74) is 2.33. The molecule has 1 heterocycles. The summed E-state index contributed by atoms with van der Waals surface area (Å²) in [6, 6.07) is 12.0. The normalized spacial score (nSPS) is 10.2. The van der Waals surface area contributed by atoms with Gasteiger partial charge in [0.1, 0.15) is 12.4 Å². The van der Waals surface area contributed by atoms with Gasteiger partial charge in [-0.15, -0.1) is 0 Å². The van der Waals surface area contributed by atoms with E-state index in [9.17, 15) is 0 Å². The van der Waals surface area contributed by atoms with E-state index >= 15 is 0 Å². The molecule has 0 fully saturated rings. The van der Waals surface area contributed by atoms with Gasteiger partial charge in [0.05, 0.1) is 0 Å². The van der Waals surface area contributed by atoms with Crippen LogP contribution in [0.2, 0.25) is 0 Å². The lowest BCUT2D eigenvalue weighted by molar-refractivity contribution is 0.305. The summed E-state index contributed by atoms with van der Waals surface area (Å²) in [6.07, 6.45) is 3.57. The summed E-state index contributed by atoms with van der Waals surface area (Å²) in [6.45, 7) is 1.43. The molecule has 2 rings (SSSR count). The van der Waals surface area contributed by atoms with Crippen molar-refractivity contribution in [2.75, 3.05) is 7.05 Å². The molecule has 1 aromatic carbocycles. The first kappa shape index (κ1) is 11.6. The van der Waals surface area contributed by atoms with Crippen LogP contribution in [0, 0.1) is 0 Å². The molecule has 0 saturated carbocycles. The zero-order chi connectivity index (χ0) is 11.9. The average Bonchev–Trinajstić information content (AvgIpc) is 2.40. The minimum absolute atomic E-state index is 0.555. The van der Waals surface area contributed by atoms with Crippen molar-refractivity contribution in [3.05, 3.63) is 59.9 Å². The summed E-state index contributed by atoms with van der Waals surface area (Å²) < 4.78 is 5.66. The maximum Gasteiger partial charge on any atom is 0.119 e. The lowest BCUT2D eigenvalue weighted by Crippen LogP contribution is -2.04. The molecule has 0 unspecified atom stereocenters. The van der Waals surface area contributed by atoms with Crippen LogP contribution < -0.4 is 10.1 Å². The largest absolute Gasteiger partial charge is 0.489 e. The molecule has 0 bridgehead atoms. The van der Waals surface area contributed by atoms with Crippen molar-refractivity contribution < 1.29 is 4.74 Å². The highest BCUT2D eigenvalue weighted by Crippen LogP contribution is 2.13. The lowest BCUT2D eigenvalue weighted by atomic mass is 10.2. The van der Waals surface area contributed by atoms with Gasteiger partial charge in [-0.1, -0.05) is 18.2 Å². The van der Waals surface area contributed by atoms with E-state index in [1.807, 2.05) is 37.5 Å². The molecule has 0 saturated heterocycles. The lowest BCUT2D eigenvalue weighted by Gasteiger charge is -2.06. The molecule has 1 N–H and O–H groups in total. The van der Waals surface area contributed by atoms with Gasteiger partial charge in [-0.25, -0.2) is 0 Å². The minimum Gasteiger partial charge on any atom is -0.489 e. The van der Waals surface area contributed by atoms with Gasteiger partial charge < -0.3 is 10.1 Å². The third kappa shape index (κ3) is 3.57. The molecule has 0 atom stereocenters. The van der Waals surface area contributed by atoms with Crippen molar-refractivity contribution in [2.24, 2.45) is 0 Å². The Morgan fingerprint density at radius 2 is 1.94 bits per heavy atom. The first-order chi connectivity index (χ1) is 8.38. The molecule has 17 heavy (non-hydrogen) atoms. The predicted octanol–water partition coefficient (Wildman–Crippen LogP) is 2.38. The van der Waals surface area contributed by atoms with E-state index < -0.39 is 0 Å². The van der Waals surface area contributed by atoms with E-state index in [1.165, 1.54) is 5.56 Å². The zero-order valence-corrected chi connectivity index (χ0v) is 9.89. The van der Waals surface area contributed by atoms with Crippen molar-refractivity contribution >= 4 is 0 Å². The number of benzene rings is 1. The Morgan fingerprint density at radius 3 is 2.59 bits per heavy atom. The van der Waals surface area contributed by atoms with Crippen molar-refractivity contribution in [1.29, 1.82) is 0 Å². The van der Waals surface area contributed by atoms with Crippen LogP contribution in [-0.4, -0.2) is 12.0 Å². The van der Waals surface area contributed by atoms with Crippen molar-refractivity contribution in [1.82, 2.24) is 10.3 Å². The molecule has 3 heteroatoms. The van der Waals surface area contributed by atoms with Gasteiger partial charge in [0.2, 0.25) is 0 Å². The first-order valence-corrected chi connectivity index (χ1v) is 5.64. The van der Waals surface area contributed by atoms with Crippen molar-refractivity contribution in [3.8, 4) is 5.75 Å². The van der Waals surface area contributed by atoms with Crippen LogP contribution in [0.5, 0.6) is 5.75 Å². The summed E-state index contributed by atoms with van der Waals surface area (Å²) in [4.78, 5) is 4.05. The summed E-state index contributed by atoms with van der Waals surface area (Å²) in [7, 11) is 1.94. The van der Waals surface area contributed by atoms with Crippen LogP contribution in [0.1, 0.15) is 11.1 Å². The number of ether oxygens (including phenoxy) is 1. The van der Waals surface area contributed by atoms with Gasteiger partial charge >= 0.3 is 0 Å². The Bertz CT molecular complexity index is 440. The predicted molar refractivity (Wildman–Crippen MR) is 67.8 cm³/mol. The van der Waals surface area contributed by atoms with Crippen LogP contribution in [0.3, 0.4) is 0 Å². The number of rotatable bonds is 5. The van der Waals surface area contributed by atoms with Crippen molar-refractivity contribution in [3.63, 3.8) is 0 Å². The average molecular weight is 228 g/mol. The number of pyridine rings is 1. The standard InChI is InChI=1S/C14H16N2O/c1-15-9-12-4-6-14(7-5-12)17-11-13-3-2-8-16-10-13/h2-8,10,15H,9,11H2,1H3. The van der Waals surface area contributed by atoms with Gasteiger partial charge in [0.25, 0.3) is 0 Å². The second kappa shape index (κ2) is 6.01. The van der Waals surface area contributed by atoms with Gasteiger partial charge in [-0.3, -0.25) is 4.98 Å². The topological polar surface area (TPSA) is 34.1 Å². The number of hydrogen-bond acceptors (Lipinski definition) is 3. The monoisotopic (exact) mass is 228 g/mol. The molecule has 88 valence electrons. The molecule has 1 aromatic heterocycles. The van der Waals surface area contributed by atoms with Gasteiger partial charge in [0.15, 0.2) is 0 Å². The van der Waals surface area contributed by atoms with Crippen LogP contribution in [0.15, 0.2) is 48.8 Å². The molecule has 0 spiro atoms. The molecule has 0 radical (unpaired) electrons. The Hall–Kier alpha value is -1.87. The fourth-order valence-electron chi connectivity index (χ4n) is 1.56. The van der Waals surface area contributed by atoms with E-state index in [0.29, 0.717) is 6.61 Å². The Balaban J connectivity index is 1.91. The van der Waals surface area contributed by atoms with Gasteiger partial charge in [-0.2, -0.15) is 0 Å². The van der Waals surface area contributed by atoms with Crippen LogP contribution >= 0.6 is 0 Å². The fraction of sp³-hybridized carbons (Fsp3) is 0.214. The maximum absolute atomic E-state index is 5.66. The molecular weight excluding hydrogens is 212 g/mol. The summed E-state index contributed by atoms with van der Waals surface area (Å²) >= 11 is 0. The number of aromatic nitrogens is 1. The third-order valence-electron chi connectivity index (χ3n) is 2.43. The molecule has 2 aromatic rings. The molecular formula is C14H16N2O. The second-order valence-electron chi connectivity index (χ2n) is 3.82. The van der Waals surface area contributed by atoms with E-state index in [0.717, 1.165) is 17.9 Å². The van der Waals surface area contributed by atoms with E-state index in [4.69, 9.17) is 4.74 Å². The summed E-state index contributed by atoms with van der Waals surface area (Å²) in [5.74, 6) is 0.883. The SMILES string of the molecule is CNCc1ccc(OCc2cccnc2)cc1. The van der Waals surface area contributed by atoms with E-state index in [1.54, 1.807) is 6.20 Å². The second-order valence-corrected chi connectivity index (χ2v) is 3.82. The number of nitrogens with one attached hydrogen (secondary N) is 1. The number of nitrogens with zero attached hydrogens (tertiary/aromatic N) is 1. The van der Waals surface area contributed by atoms with Crippen LogP contribution in [0.25, 0.3) is 0 Å². The smallest absolute Gasteiger partial charge is 0.119 e. The zero-order valence-electron chi connectivity index (χ0n) is 9.89. The van der Waals surface area contributed by atoms with Crippen LogP contribution in [0.4, 0.5) is 0 Å². The molecule has 3 nitrogen and oxygen atoms in total. The minimum atomic E-state index is 0.555. The third-order valence-corrected chi connectivity index (χ3v) is 2.43. The van der Waals surface area contributed by atoms with Gasteiger partial charge in [0, 0.05) is 24.5 Å². The fourth-order valence-corrected chi connectivity index (χ4v) is 1.56. The van der Waals surface area contributed by atoms with Gasteiger partial charge in [-0.05, 0) is 30.8 Å². The quantitative estimate of drug-likeness (QED) is 0.853. The highest BCUT2D eigenvalue weighted by molar-refractivity contribution is 5.27. The molecule has 0 amide bonds. The maximum atomic E-state index is 5.66. The Kier molecular flexibility index (Phi) is 4.11. The van der Waals surface area contributed by atoms with Crippen molar-refractivity contribution in [2.45, 2.75) is 13.2 Å². The highest BCUT2D eigenvalue weighted by atomic mass is 16.5. The van der Waals surface area contributed by atoms with E-state index in [-0.39, 0.29) is 0 Å². The molecule has 0 aliphatic carbocycles. The Labute approximate surface area is 101 Å². The van der Waals surface area contributed by atoms with Crippen LogP contribution in [-0.2, 0) is 13.2 Å². The number of hydrogen-bond donors (Lipinski definition) is 1. The van der Waals surface area contributed by atoms with E-state index in [2.05, 4.69) is 22.4 Å². The first-order valence-electron chi connectivity index (χ1n) is 5.64. The summed E-state index contributed by atoms with van der Waals surface area (Å²) in [5, 5.41) is 3.11.